The molecular formula is C9H17F3N2O2. The van der Waals surface area contributed by atoms with Gasteiger partial charge in [-0.1, -0.05) is 0 Å². The highest BCUT2D eigenvalue weighted by Gasteiger charge is 2.38. The molecule has 1 aliphatic rings. The third kappa shape index (κ3) is 6.62. The first-order chi connectivity index (χ1) is 7.25. The van der Waals surface area contributed by atoms with Crippen LogP contribution in [0.1, 0.15) is 12.8 Å². The van der Waals surface area contributed by atoms with Gasteiger partial charge in [-0.05, 0) is 40.0 Å². The van der Waals surface area contributed by atoms with E-state index >= 15 is 0 Å². The fraction of sp³-hybridized carbons (Fsp3) is 0.889. The fourth-order valence-electron chi connectivity index (χ4n) is 1.32. The molecule has 0 aromatic rings. The van der Waals surface area contributed by atoms with Crippen molar-refractivity contribution in [3.8, 4) is 0 Å². The molecule has 96 valence electrons. The predicted octanol–water partition coefficient (Wildman–Crippen LogP) is 0.933. The number of nitrogens with one attached hydrogen (secondary N) is 1. The molecule has 7 heteroatoms. The van der Waals surface area contributed by atoms with E-state index in [-0.39, 0.29) is 0 Å². The van der Waals surface area contributed by atoms with Crippen LogP contribution in [0.3, 0.4) is 0 Å². The van der Waals surface area contributed by atoms with Crippen molar-refractivity contribution in [1.82, 2.24) is 10.2 Å². The number of carbonyl (C=O) groups is 1. The number of carboxylic acid groups (broad SMARTS) is 1. The van der Waals surface area contributed by atoms with Gasteiger partial charge in [0.1, 0.15) is 0 Å². The minimum absolute atomic E-state index is 0.825. The molecule has 0 aromatic carbocycles. The lowest BCUT2D eigenvalue weighted by Crippen LogP contribution is -2.39. The zero-order valence-corrected chi connectivity index (χ0v) is 9.34. The molecule has 1 heterocycles. The number of rotatable bonds is 1. The molecule has 1 saturated heterocycles. The Kier molecular flexibility index (Phi) is 6.35. The fourth-order valence-corrected chi connectivity index (χ4v) is 1.32. The topological polar surface area (TPSA) is 52.6 Å². The molecule has 1 rings (SSSR count). The summed E-state index contributed by atoms with van der Waals surface area (Å²) in [4.78, 5) is 11.2. The summed E-state index contributed by atoms with van der Waals surface area (Å²) in [7, 11) is 4.33. The minimum atomic E-state index is -5.08. The van der Waals surface area contributed by atoms with Crippen LogP contribution in [0, 0.1) is 0 Å². The molecule has 1 aliphatic heterocycles. The lowest BCUT2D eigenvalue weighted by Gasteiger charge is -2.28. The monoisotopic (exact) mass is 242 g/mol. The number of hydrogen-bond donors (Lipinski definition) is 2. The lowest BCUT2D eigenvalue weighted by atomic mass is 10.1. The molecule has 0 spiro atoms. The molecular weight excluding hydrogens is 225 g/mol. The van der Waals surface area contributed by atoms with Gasteiger partial charge in [0, 0.05) is 6.04 Å². The quantitative estimate of drug-likeness (QED) is 0.718. The molecule has 0 unspecified atom stereocenters. The Hall–Kier alpha value is -0.820. The van der Waals surface area contributed by atoms with Crippen LogP contribution in [-0.2, 0) is 4.79 Å². The standard InChI is InChI=1S/C7H16N2.C2HF3O2/c1-9(2)7-3-5-8-6-4-7;3-2(4,5)1(6)7/h7-8H,3-6H2,1-2H3;(H,6,7). The molecule has 0 bridgehead atoms. The van der Waals surface area contributed by atoms with Gasteiger partial charge in [-0.2, -0.15) is 13.2 Å². The Labute approximate surface area is 92.4 Å². The summed E-state index contributed by atoms with van der Waals surface area (Å²) >= 11 is 0. The van der Waals surface area contributed by atoms with Gasteiger partial charge in [-0.25, -0.2) is 4.79 Å². The Bertz CT molecular complexity index is 213. The van der Waals surface area contributed by atoms with Crippen LogP contribution in [0.4, 0.5) is 13.2 Å². The highest BCUT2D eigenvalue weighted by molar-refractivity contribution is 5.73. The summed E-state index contributed by atoms with van der Waals surface area (Å²) in [6, 6.07) is 0.825. The Morgan fingerprint density at radius 3 is 1.88 bits per heavy atom. The summed E-state index contributed by atoms with van der Waals surface area (Å²) in [5, 5.41) is 10.5. The van der Waals surface area contributed by atoms with Gasteiger partial charge >= 0.3 is 12.1 Å². The maximum atomic E-state index is 10.6. The number of carboxylic acids is 1. The summed E-state index contributed by atoms with van der Waals surface area (Å²) in [6.07, 6.45) is -2.46. The highest BCUT2D eigenvalue weighted by Crippen LogP contribution is 2.13. The summed E-state index contributed by atoms with van der Waals surface area (Å²) in [5.41, 5.74) is 0. The molecule has 0 radical (unpaired) electrons. The van der Waals surface area contributed by atoms with E-state index in [1.165, 1.54) is 25.9 Å². The largest absolute Gasteiger partial charge is 0.490 e. The van der Waals surface area contributed by atoms with Crippen molar-refractivity contribution < 1.29 is 23.1 Å². The van der Waals surface area contributed by atoms with E-state index in [0.717, 1.165) is 6.04 Å². The number of piperidine rings is 1. The third-order valence-electron chi connectivity index (χ3n) is 2.28. The van der Waals surface area contributed by atoms with Crippen molar-refractivity contribution in [3.63, 3.8) is 0 Å². The second-order valence-corrected chi connectivity index (χ2v) is 3.75. The van der Waals surface area contributed by atoms with Crippen LogP contribution >= 0.6 is 0 Å². The van der Waals surface area contributed by atoms with E-state index in [1.807, 2.05) is 0 Å². The molecule has 0 saturated carbocycles. The zero-order chi connectivity index (χ0) is 12.8. The number of nitrogens with zero attached hydrogens (tertiary/aromatic N) is 1. The van der Waals surface area contributed by atoms with Crippen molar-refractivity contribution in [1.29, 1.82) is 0 Å². The third-order valence-corrected chi connectivity index (χ3v) is 2.28. The average molecular weight is 242 g/mol. The molecule has 0 amide bonds. The SMILES string of the molecule is CN(C)C1CCNCC1.O=C(O)C(F)(F)F. The van der Waals surface area contributed by atoms with Gasteiger partial charge in [-0.3, -0.25) is 0 Å². The first kappa shape index (κ1) is 15.2. The normalized spacial score (nSPS) is 17.9. The molecule has 0 atom stereocenters. The second kappa shape index (κ2) is 6.70. The van der Waals surface area contributed by atoms with E-state index in [0.29, 0.717) is 0 Å². The zero-order valence-electron chi connectivity index (χ0n) is 9.34. The highest BCUT2D eigenvalue weighted by atomic mass is 19.4. The van der Waals surface area contributed by atoms with Crippen LogP contribution in [0.15, 0.2) is 0 Å². The predicted molar refractivity (Wildman–Crippen MR) is 53.3 cm³/mol. The van der Waals surface area contributed by atoms with Gasteiger partial charge in [-0.15, -0.1) is 0 Å². The minimum Gasteiger partial charge on any atom is -0.475 e. The van der Waals surface area contributed by atoms with E-state index < -0.39 is 12.1 Å². The van der Waals surface area contributed by atoms with Crippen LogP contribution < -0.4 is 5.32 Å². The van der Waals surface area contributed by atoms with Crippen molar-refractivity contribution in [2.24, 2.45) is 0 Å². The van der Waals surface area contributed by atoms with Crippen molar-refractivity contribution in [2.75, 3.05) is 27.2 Å². The Morgan fingerprint density at radius 1 is 1.31 bits per heavy atom. The van der Waals surface area contributed by atoms with Gasteiger partial charge in [0.05, 0.1) is 0 Å². The maximum absolute atomic E-state index is 10.6. The van der Waals surface area contributed by atoms with Gasteiger partial charge in [0.25, 0.3) is 0 Å². The van der Waals surface area contributed by atoms with Crippen LogP contribution in [-0.4, -0.2) is 55.4 Å². The van der Waals surface area contributed by atoms with Gasteiger partial charge in [0.2, 0.25) is 0 Å². The van der Waals surface area contributed by atoms with Crippen molar-refractivity contribution >= 4 is 5.97 Å². The molecule has 1 fully saturated rings. The molecule has 2 N–H and O–H groups in total. The summed E-state index contributed by atoms with van der Waals surface area (Å²) in [5.74, 6) is -2.76. The molecule has 0 aromatic heterocycles. The Morgan fingerprint density at radius 2 is 1.69 bits per heavy atom. The number of halogens is 3. The Balaban J connectivity index is 0.000000293. The number of aliphatic carboxylic acids is 1. The lowest BCUT2D eigenvalue weighted by molar-refractivity contribution is -0.192. The maximum Gasteiger partial charge on any atom is 0.490 e. The van der Waals surface area contributed by atoms with Crippen molar-refractivity contribution in [2.45, 2.75) is 25.1 Å². The molecule has 16 heavy (non-hydrogen) atoms. The number of alkyl halides is 3. The van der Waals surface area contributed by atoms with Crippen molar-refractivity contribution in [3.05, 3.63) is 0 Å². The van der Waals surface area contributed by atoms with E-state index in [9.17, 15) is 13.2 Å². The van der Waals surface area contributed by atoms with E-state index in [2.05, 4.69) is 24.3 Å². The van der Waals surface area contributed by atoms with E-state index in [1.54, 1.807) is 0 Å². The molecule has 0 aliphatic carbocycles. The van der Waals surface area contributed by atoms with E-state index in [4.69, 9.17) is 9.90 Å². The van der Waals surface area contributed by atoms with Crippen LogP contribution in [0.2, 0.25) is 0 Å². The second-order valence-electron chi connectivity index (χ2n) is 3.75. The van der Waals surface area contributed by atoms with Gasteiger partial charge in [0.15, 0.2) is 0 Å². The first-order valence-corrected chi connectivity index (χ1v) is 4.92. The van der Waals surface area contributed by atoms with Gasteiger partial charge < -0.3 is 15.3 Å². The van der Waals surface area contributed by atoms with Crippen LogP contribution in [0.25, 0.3) is 0 Å². The first-order valence-electron chi connectivity index (χ1n) is 4.92. The average Bonchev–Trinajstić information content (AvgIpc) is 2.18. The van der Waals surface area contributed by atoms with Crippen LogP contribution in [0.5, 0.6) is 0 Å². The molecule has 4 nitrogen and oxygen atoms in total. The number of hydrogen-bond acceptors (Lipinski definition) is 3. The smallest absolute Gasteiger partial charge is 0.475 e. The summed E-state index contributed by atoms with van der Waals surface area (Å²) < 4.78 is 31.7. The summed E-state index contributed by atoms with van der Waals surface area (Å²) in [6.45, 7) is 2.39.